The predicted molar refractivity (Wildman–Crippen MR) is 35.9 cm³/mol. The Bertz CT molecular complexity index is 125. The first-order valence-corrected chi connectivity index (χ1v) is 3.08. The van der Waals surface area contributed by atoms with Gasteiger partial charge in [-0.2, -0.15) is 4.89 Å². The van der Waals surface area contributed by atoms with E-state index in [0.29, 0.717) is 0 Å². The summed E-state index contributed by atoms with van der Waals surface area (Å²) in [5.74, 6) is 0. The maximum Gasteiger partial charge on any atom is 0.507 e. The monoisotopic (exact) mass is 164 g/mol. The number of hydrogen-bond donors (Lipinski definition) is 1. The number of carbonyl (C=O) groups is 1. The Hall–Kier alpha value is -0.810. The van der Waals surface area contributed by atoms with E-state index in [2.05, 4.69) is 9.62 Å². The van der Waals surface area contributed by atoms with E-state index in [1.807, 2.05) is 0 Å². The molecular weight excluding hydrogens is 152 g/mol. The molecule has 0 radical (unpaired) electrons. The van der Waals surface area contributed by atoms with Gasteiger partial charge in [0, 0.05) is 0 Å². The number of ether oxygens (including phenoxy) is 1. The fourth-order valence-electron chi connectivity index (χ4n) is 0.275. The van der Waals surface area contributed by atoms with E-state index < -0.39 is 18.5 Å². The van der Waals surface area contributed by atoms with Crippen molar-refractivity contribution in [2.24, 2.45) is 0 Å². The van der Waals surface area contributed by atoms with E-state index in [9.17, 15) is 4.79 Å². The molecule has 1 N–H and O–H groups in total. The summed E-state index contributed by atoms with van der Waals surface area (Å²) in [5, 5.41) is 7.99. The Labute approximate surface area is 64.8 Å². The number of rotatable bonds is 3. The first-order chi connectivity index (χ1) is 4.92. The van der Waals surface area contributed by atoms with Crippen LogP contribution >= 0.6 is 0 Å². The third-order valence-corrected chi connectivity index (χ3v) is 0.539. The Morgan fingerprint density at radius 3 is 2.36 bits per heavy atom. The van der Waals surface area contributed by atoms with E-state index >= 15 is 0 Å². The molecule has 0 aromatic rings. The van der Waals surface area contributed by atoms with Gasteiger partial charge in [-0.3, -0.25) is 0 Å². The summed E-state index contributed by atoms with van der Waals surface area (Å²) in [5.41, 5.74) is -0.456. The first kappa shape index (κ1) is 10.2. The molecule has 0 aliphatic heterocycles. The second-order valence-corrected chi connectivity index (χ2v) is 2.84. The van der Waals surface area contributed by atoms with Crippen LogP contribution in [-0.4, -0.2) is 23.7 Å². The summed E-state index contributed by atoms with van der Waals surface area (Å²) in [6.07, 6.45) is -1.39. The van der Waals surface area contributed by atoms with Gasteiger partial charge < -0.3 is 9.84 Å². The Kier molecular flexibility index (Phi) is 3.84. The van der Waals surface area contributed by atoms with Gasteiger partial charge in [-0.1, -0.05) is 0 Å². The quantitative estimate of drug-likeness (QED) is 0.224. The molecule has 0 heterocycles. The molecule has 0 bridgehead atoms. The van der Waals surface area contributed by atoms with E-state index in [1.165, 1.54) is 0 Å². The Morgan fingerprint density at radius 2 is 2.00 bits per heavy atom. The van der Waals surface area contributed by atoms with Crippen LogP contribution in [0, 0.1) is 0 Å². The average molecular weight is 164 g/mol. The molecule has 0 aromatic carbocycles. The highest BCUT2D eigenvalue weighted by Gasteiger charge is 2.11. The molecule has 0 saturated carbocycles. The maximum atomic E-state index is 9.77. The minimum absolute atomic E-state index is 0.410. The molecule has 0 aromatic heterocycles. The van der Waals surface area contributed by atoms with Crippen LogP contribution in [0.2, 0.25) is 0 Å². The topological polar surface area (TPSA) is 65.0 Å². The van der Waals surface area contributed by atoms with Crippen LogP contribution in [0.15, 0.2) is 0 Å². The fourth-order valence-corrected chi connectivity index (χ4v) is 0.275. The van der Waals surface area contributed by atoms with E-state index in [0.717, 1.165) is 0 Å². The van der Waals surface area contributed by atoms with Gasteiger partial charge in [0.2, 0.25) is 6.79 Å². The third kappa shape index (κ3) is 9.19. The SMILES string of the molecule is CC(C)(C)OOCOC(=O)O. The summed E-state index contributed by atoms with van der Waals surface area (Å²) in [6.45, 7) is 4.90. The second-order valence-electron chi connectivity index (χ2n) is 2.84. The largest absolute Gasteiger partial charge is 0.507 e. The van der Waals surface area contributed by atoms with E-state index in [4.69, 9.17) is 9.99 Å². The maximum absolute atomic E-state index is 9.77. The van der Waals surface area contributed by atoms with Crippen LogP contribution in [0.3, 0.4) is 0 Å². The van der Waals surface area contributed by atoms with Crippen LogP contribution in [0.25, 0.3) is 0 Å². The van der Waals surface area contributed by atoms with Gasteiger partial charge in [0.1, 0.15) is 0 Å². The van der Waals surface area contributed by atoms with Crippen molar-refractivity contribution in [2.45, 2.75) is 26.4 Å². The highest BCUT2D eigenvalue weighted by atomic mass is 17.2. The molecule has 0 aliphatic carbocycles. The smallest absolute Gasteiger partial charge is 0.450 e. The second kappa shape index (κ2) is 4.15. The van der Waals surface area contributed by atoms with Crippen LogP contribution in [0.4, 0.5) is 4.79 Å². The summed E-state index contributed by atoms with van der Waals surface area (Å²) in [7, 11) is 0. The summed E-state index contributed by atoms with van der Waals surface area (Å²) >= 11 is 0. The van der Waals surface area contributed by atoms with Gasteiger partial charge in [-0.25, -0.2) is 9.68 Å². The molecule has 0 spiro atoms. The van der Waals surface area contributed by atoms with Crippen molar-refractivity contribution in [1.82, 2.24) is 0 Å². The van der Waals surface area contributed by atoms with Crippen molar-refractivity contribution in [1.29, 1.82) is 0 Å². The van der Waals surface area contributed by atoms with Crippen molar-refractivity contribution in [3.05, 3.63) is 0 Å². The van der Waals surface area contributed by atoms with Gasteiger partial charge >= 0.3 is 6.16 Å². The standard InChI is InChI=1S/C6H12O5/c1-6(2,3)11-10-4-9-5(7)8/h4H2,1-3H3,(H,7,8). The van der Waals surface area contributed by atoms with Crippen LogP contribution in [0.5, 0.6) is 0 Å². The van der Waals surface area contributed by atoms with Crippen molar-refractivity contribution in [3.8, 4) is 0 Å². The van der Waals surface area contributed by atoms with Gasteiger partial charge in [0.05, 0.1) is 5.60 Å². The molecule has 0 atom stereocenters. The molecule has 5 heteroatoms. The van der Waals surface area contributed by atoms with Gasteiger partial charge in [0.15, 0.2) is 0 Å². The third-order valence-electron chi connectivity index (χ3n) is 0.539. The van der Waals surface area contributed by atoms with Crippen molar-refractivity contribution < 1.29 is 24.4 Å². The molecule has 0 unspecified atom stereocenters. The van der Waals surface area contributed by atoms with Gasteiger partial charge in [0.25, 0.3) is 0 Å². The zero-order chi connectivity index (χ0) is 8.91. The Balaban J connectivity index is 3.22. The zero-order valence-electron chi connectivity index (χ0n) is 6.79. The lowest BCUT2D eigenvalue weighted by Crippen LogP contribution is -2.20. The van der Waals surface area contributed by atoms with Crippen LogP contribution < -0.4 is 0 Å². The van der Waals surface area contributed by atoms with E-state index in [-0.39, 0.29) is 0 Å². The van der Waals surface area contributed by atoms with Crippen LogP contribution in [0.1, 0.15) is 20.8 Å². The fraction of sp³-hybridized carbons (Fsp3) is 0.833. The minimum Gasteiger partial charge on any atom is -0.450 e. The van der Waals surface area contributed by atoms with Gasteiger partial charge in [-0.05, 0) is 20.8 Å². The van der Waals surface area contributed by atoms with Crippen LogP contribution in [-0.2, 0) is 14.5 Å². The average Bonchev–Trinajstić information content (AvgIpc) is 1.78. The number of hydrogen-bond acceptors (Lipinski definition) is 4. The molecule has 0 aliphatic rings. The normalized spacial score (nSPS) is 11.2. The minimum atomic E-state index is -1.39. The molecule has 5 nitrogen and oxygen atoms in total. The number of carboxylic acid groups (broad SMARTS) is 1. The highest BCUT2D eigenvalue weighted by molar-refractivity contribution is 5.56. The first-order valence-electron chi connectivity index (χ1n) is 3.08. The molecular formula is C6H12O5. The highest BCUT2D eigenvalue weighted by Crippen LogP contribution is 2.06. The van der Waals surface area contributed by atoms with Crippen molar-refractivity contribution >= 4 is 6.16 Å². The Morgan fingerprint density at radius 1 is 1.45 bits per heavy atom. The van der Waals surface area contributed by atoms with Crippen molar-refractivity contribution in [2.75, 3.05) is 6.79 Å². The van der Waals surface area contributed by atoms with Crippen molar-refractivity contribution in [3.63, 3.8) is 0 Å². The lowest BCUT2D eigenvalue weighted by Gasteiger charge is -2.16. The summed E-state index contributed by atoms with van der Waals surface area (Å²) < 4.78 is 4.01. The molecule has 11 heavy (non-hydrogen) atoms. The molecule has 0 fully saturated rings. The molecule has 0 saturated heterocycles. The van der Waals surface area contributed by atoms with Gasteiger partial charge in [-0.15, -0.1) is 0 Å². The summed E-state index contributed by atoms with van der Waals surface area (Å²) in [4.78, 5) is 18.9. The molecule has 0 amide bonds. The lowest BCUT2D eigenvalue weighted by atomic mass is 10.2. The zero-order valence-corrected chi connectivity index (χ0v) is 6.79. The molecule has 0 rings (SSSR count). The summed E-state index contributed by atoms with van der Waals surface area (Å²) in [6, 6.07) is 0. The lowest BCUT2D eigenvalue weighted by molar-refractivity contribution is -0.374. The van der Waals surface area contributed by atoms with E-state index in [1.54, 1.807) is 20.8 Å². The molecule has 66 valence electrons. The predicted octanol–water partition coefficient (Wildman–Crippen LogP) is 1.39.